The molecular weight excluding hydrogens is 428 g/mol. The topological polar surface area (TPSA) is 70.8 Å². The van der Waals surface area contributed by atoms with Gasteiger partial charge in [0, 0.05) is 38.3 Å². The van der Waals surface area contributed by atoms with Gasteiger partial charge in [0.15, 0.2) is 12.2 Å². The maximum Gasteiger partial charge on any atom is 0.256 e. The van der Waals surface area contributed by atoms with Crippen molar-refractivity contribution in [1.82, 2.24) is 20.1 Å². The van der Waals surface area contributed by atoms with Gasteiger partial charge in [-0.3, -0.25) is 4.79 Å². The lowest BCUT2D eigenvalue weighted by atomic mass is 10.0. The third-order valence-corrected chi connectivity index (χ3v) is 6.08. The second-order valence-corrected chi connectivity index (χ2v) is 8.96. The Balaban J connectivity index is 1.51. The highest BCUT2D eigenvalue weighted by Gasteiger charge is 2.19. The fourth-order valence-corrected chi connectivity index (χ4v) is 3.93. The van der Waals surface area contributed by atoms with Crippen LogP contribution in [0.5, 0.6) is 5.75 Å². The Morgan fingerprint density at radius 2 is 2.00 bits per heavy atom. The third kappa shape index (κ3) is 5.85. The highest BCUT2D eigenvalue weighted by atomic mass is 16.5. The van der Waals surface area contributed by atoms with Crippen molar-refractivity contribution < 1.29 is 13.9 Å². The minimum absolute atomic E-state index is 0.183. The first-order chi connectivity index (χ1) is 16.4. The Hall–Kier alpha value is -3.58. The van der Waals surface area contributed by atoms with Crippen LogP contribution in [0.4, 0.5) is 0 Å². The number of rotatable bonds is 7. The van der Waals surface area contributed by atoms with Crippen molar-refractivity contribution in [3.8, 4) is 17.1 Å². The molecule has 1 aliphatic heterocycles. The van der Waals surface area contributed by atoms with Gasteiger partial charge in [-0.05, 0) is 68.3 Å². The van der Waals surface area contributed by atoms with E-state index in [0.717, 1.165) is 48.4 Å². The van der Waals surface area contributed by atoms with Crippen LogP contribution in [-0.2, 0) is 0 Å². The second-order valence-electron chi connectivity index (χ2n) is 8.96. The van der Waals surface area contributed by atoms with Crippen LogP contribution < -0.4 is 10.1 Å². The number of aryl methyl sites for hydroxylation is 1. The average Bonchev–Trinajstić information content (AvgIpc) is 3.36. The number of likely N-dealkylation sites (tertiary alicyclic amines) is 1. The number of nitrogens with one attached hydrogen (secondary N) is 1. The van der Waals surface area contributed by atoms with Crippen LogP contribution in [0.1, 0.15) is 34.3 Å². The molecule has 178 valence electrons. The quantitative estimate of drug-likeness (QED) is 0.563. The molecule has 0 radical (unpaired) electrons. The molecule has 7 nitrogen and oxygen atoms in total. The molecule has 0 saturated carbocycles. The number of carbonyl (C=O) groups is 1. The zero-order valence-corrected chi connectivity index (χ0v) is 20.2. The lowest BCUT2D eigenvalue weighted by Crippen LogP contribution is -2.35. The predicted molar refractivity (Wildman–Crippen MR) is 133 cm³/mol. The highest BCUT2D eigenvalue weighted by molar-refractivity contribution is 5.96. The summed E-state index contributed by atoms with van der Waals surface area (Å²) in [6, 6.07) is 13.5. The second kappa shape index (κ2) is 10.6. The first-order valence-corrected chi connectivity index (χ1v) is 11.5. The van der Waals surface area contributed by atoms with E-state index in [-0.39, 0.29) is 12.0 Å². The van der Waals surface area contributed by atoms with Crippen LogP contribution in [0.15, 0.2) is 65.3 Å². The standard InChI is InChI=1S/C27H32N4O3/c1-19-8-9-20(25-17-28-18-33-25)14-22(19)16-26(30(2)3)29-27(32)21-6-5-7-24(15-21)34-23-10-12-31(4)13-11-23/h5-9,14-18,23H,10-13H2,1-4H3,(H,29,32)/b26-16-. The fraction of sp³-hybridized carbons (Fsp3) is 0.333. The number of ether oxygens (including phenoxy) is 1. The number of hydrogen-bond acceptors (Lipinski definition) is 6. The van der Waals surface area contributed by atoms with Crippen molar-refractivity contribution in [2.75, 3.05) is 34.2 Å². The third-order valence-electron chi connectivity index (χ3n) is 6.08. The van der Waals surface area contributed by atoms with Crippen molar-refractivity contribution in [3.63, 3.8) is 0 Å². The minimum atomic E-state index is -0.183. The van der Waals surface area contributed by atoms with Crippen LogP contribution in [-0.4, -0.2) is 61.0 Å². The summed E-state index contributed by atoms with van der Waals surface area (Å²) in [6.45, 7) is 4.09. The minimum Gasteiger partial charge on any atom is -0.490 e. The summed E-state index contributed by atoms with van der Waals surface area (Å²) >= 11 is 0. The number of nitrogens with zero attached hydrogens (tertiary/aromatic N) is 3. The Bertz CT molecular complexity index is 1150. The Kier molecular flexibility index (Phi) is 7.33. The number of hydrogen-bond donors (Lipinski definition) is 1. The number of aromatic nitrogens is 1. The zero-order valence-electron chi connectivity index (χ0n) is 20.2. The average molecular weight is 461 g/mol. The van der Waals surface area contributed by atoms with E-state index in [1.807, 2.05) is 68.4 Å². The van der Waals surface area contributed by atoms with Crippen molar-refractivity contribution in [1.29, 1.82) is 0 Å². The molecule has 1 N–H and O–H groups in total. The van der Waals surface area contributed by atoms with Crippen LogP contribution in [0.3, 0.4) is 0 Å². The van der Waals surface area contributed by atoms with Gasteiger partial charge < -0.3 is 24.3 Å². The monoisotopic (exact) mass is 460 g/mol. The fourth-order valence-electron chi connectivity index (χ4n) is 3.93. The van der Waals surface area contributed by atoms with Gasteiger partial charge in [0.05, 0.1) is 6.20 Å². The molecule has 2 aromatic carbocycles. The summed E-state index contributed by atoms with van der Waals surface area (Å²) in [4.78, 5) is 21.3. The first-order valence-electron chi connectivity index (χ1n) is 11.5. The van der Waals surface area contributed by atoms with Crippen LogP contribution in [0, 0.1) is 6.92 Å². The molecule has 1 aliphatic rings. The summed E-state index contributed by atoms with van der Waals surface area (Å²) in [5.74, 6) is 1.93. The molecule has 0 bridgehead atoms. The number of carbonyl (C=O) groups excluding carboxylic acids is 1. The largest absolute Gasteiger partial charge is 0.490 e. The predicted octanol–water partition coefficient (Wildman–Crippen LogP) is 4.41. The van der Waals surface area contributed by atoms with Gasteiger partial charge in [0.2, 0.25) is 0 Å². The summed E-state index contributed by atoms with van der Waals surface area (Å²) < 4.78 is 11.6. The van der Waals surface area contributed by atoms with E-state index >= 15 is 0 Å². The summed E-state index contributed by atoms with van der Waals surface area (Å²) in [5.41, 5.74) is 3.56. The Morgan fingerprint density at radius 3 is 2.71 bits per heavy atom. The van der Waals surface area contributed by atoms with Gasteiger partial charge in [0.1, 0.15) is 17.7 Å². The van der Waals surface area contributed by atoms with Crippen molar-refractivity contribution >= 4 is 12.0 Å². The molecule has 7 heteroatoms. The molecule has 1 fully saturated rings. The molecule has 1 amide bonds. The molecule has 0 spiro atoms. The van der Waals surface area contributed by atoms with Crippen molar-refractivity contribution in [2.24, 2.45) is 0 Å². The van der Waals surface area contributed by atoms with Gasteiger partial charge in [0.25, 0.3) is 5.91 Å². The number of oxazole rings is 1. The molecule has 34 heavy (non-hydrogen) atoms. The maximum atomic E-state index is 13.1. The smallest absolute Gasteiger partial charge is 0.256 e. The van der Waals surface area contributed by atoms with E-state index in [9.17, 15) is 4.79 Å². The normalized spacial score (nSPS) is 15.2. The summed E-state index contributed by atoms with van der Waals surface area (Å²) in [5, 5.41) is 3.05. The van der Waals surface area contributed by atoms with Crippen molar-refractivity contribution in [3.05, 3.63) is 77.6 Å². The van der Waals surface area contributed by atoms with Gasteiger partial charge in [-0.25, -0.2) is 4.98 Å². The van der Waals surface area contributed by atoms with Crippen LogP contribution in [0.2, 0.25) is 0 Å². The van der Waals surface area contributed by atoms with Gasteiger partial charge in [-0.1, -0.05) is 18.2 Å². The molecule has 2 heterocycles. The molecule has 0 aliphatic carbocycles. The Morgan fingerprint density at radius 1 is 1.21 bits per heavy atom. The summed E-state index contributed by atoms with van der Waals surface area (Å²) in [6.07, 6.45) is 7.24. The molecule has 0 atom stereocenters. The molecule has 1 aromatic heterocycles. The van der Waals surface area contributed by atoms with Crippen LogP contribution in [0.25, 0.3) is 17.4 Å². The van der Waals surface area contributed by atoms with E-state index in [1.165, 1.54) is 6.39 Å². The SMILES string of the molecule is Cc1ccc(-c2cnco2)cc1/C=C(/NC(=O)c1cccc(OC2CCN(C)CC2)c1)N(C)C. The molecule has 1 saturated heterocycles. The Labute approximate surface area is 201 Å². The molecular formula is C27H32N4O3. The lowest BCUT2D eigenvalue weighted by Gasteiger charge is -2.29. The maximum absolute atomic E-state index is 13.1. The van der Waals surface area contributed by atoms with Crippen molar-refractivity contribution in [2.45, 2.75) is 25.9 Å². The molecule has 4 rings (SSSR count). The molecule has 3 aromatic rings. The number of amides is 1. The van der Waals surface area contributed by atoms with Crippen LogP contribution >= 0.6 is 0 Å². The van der Waals surface area contributed by atoms with E-state index in [0.29, 0.717) is 17.1 Å². The molecule has 0 unspecified atom stereocenters. The first kappa shape index (κ1) is 23.6. The number of piperidine rings is 1. The van der Waals surface area contributed by atoms with E-state index < -0.39 is 0 Å². The summed E-state index contributed by atoms with van der Waals surface area (Å²) in [7, 11) is 5.94. The lowest BCUT2D eigenvalue weighted by molar-refractivity contribution is 0.0953. The van der Waals surface area contributed by atoms with E-state index in [4.69, 9.17) is 9.15 Å². The van der Waals surface area contributed by atoms with E-state index in [1.54, 1.807) is 12.3 Å². The van der Waals surface area contributed by atoms with Gasteiger partial charge in [-0.2, -0.15) is 0 Å². The highest BCUT2D eigenvalue weighted by Crippen LogP contribution is 2.24. The zero-order chi connectivity index (χ0) is 24.1. The number of benzene rings is 2. The van der Waals surface area contributed by atoms with Gasteiger partial charge in [-0.15, -0.1) is 0 Å². The van der Waals surface area contributed by atoms with Gasteiger partial charge >= 0.3 is 0 Å². The van der Waals surface area contributed by atoms with E-state index in [2.05, 4.69) is 22.2 Å².